The van der Waals surface area contributed by atoms with Crippen molar-refractivity contribution in [3.63, 3.8) is 0 Å². The van der Waals surface area contributed by atoms with Gasteiger partial charge in [-0.05, 0) is 62.1 Å². The zero-order valence-corrected chi connectivity index (χ0v) is 18.7. The summed E-state index contributed by atoms with van der Waals surface area (Å²) in [5.74, 6) is 0. The first-order valence-electron chi connectivity index (χ1n) is 11.6. The quantitative estimate of drug-likeness (QED) is 0.602. The van der Waals surface area contributed by atoms with Gasteiger partial charge in [0.2, 0.25) is 0 Å². The largest absolute Gasteiger partial charge is 0.395 e. The number of hydrogen-bond donors (Lipinski definition) is 2. The number of aliphatic hydroxyl groups is 2. The second-order valence-corrected chi connectivity index (χ2v) is 8.34. The Morgan fingerprint density at radius 1 is 0.667 bits per heavy atom. The lowest BCUT2D eigenvalue weighted by Crippen LogP contribution is -2.31. The van der Waals surface area contributed by atoms with Crippen LogP contribution in [-0.4, -0.2) is 49.6 Å². The van der Waals surface area contributed by atoms with Gasteiger partial charge in [0.1, 0.15) is 0 Å². The molecule has 0 atom stereocenters. The van der Waals surface area contributed by atoms with Crippen molar-refractivity contribution in [2.45, 2.75) is 51.4 Å². The van der Waals surface area contributed by atoms with Gasteiger partial charge in [0.25, 0.3) is 0 Å². The maximum Gasteiger partial charge on any atom is 0.0606 e. The minimum absolute atomic E-state index is 0.0807. The van der Waals surface area contributed by atoms with Gasteiger partial charge in [0.05, 0.1) is 13.2 Å². The Morgan fingerprint density at radius 2 is 1.07 bits per heavy atom. The van der Waals surface area contributed by atoms with Gasteiger partial charge in [-0.25, -0.2) is 0 Å². The normalized spacial score (nSPS) is 15.7. The van der Waals surface area contributed by atoms with Crippen LogP contribution in [0.3, 0.4) is 0 Å². The summed E-state index contributed by atoms with van der Waals surface area (Å²) in [5.41, 5.74) is 5.25. The standard InChI is InChI=1S/C26H38N2O2/c1-3-27(18-20-29)24-12-8-22(9-13-24)26(16-6-5-7-17-26)23-10-14-25(15-11-23)28(4-2)19-21-30/h8-15,29-30H,3-7,16-21H2,1-2H3. The van der Waals surface area contributed by atoms with Crippen LogP contribution in [-0.2, 0) is 5.41 Å². The average molecular weight is 411 g/mol. The molecule has 0 saturated heterocycles. The SMILES string of the molecule is CCN(CCO)c1ccc(C2(c3ccc(N(CC)CCO)cc3)CCCCC2)cc1. The van der Waals surface area contributed by atoms with Crippen LogP contribution >= 0.6 is 0 Å². The minimum atomic E-state index is 0.0807. The Hall–Kier alpha value is -2.04. The molecule has 2 N–H and O–H groups in total. The molecule has 0 amide bonds. The number of hydrogen-bond acceptors (Lipinski definition) is 4. The zero-order chi connectivity index (χ0) is 21.4. The molecule has 0 radical (unpaired) electrons. The second-order valence-electron chi connectivity index (χ2n) is 8.34. The Balaban J connectivity index is 1.91. The summed E-state index contributed by atoms with van der Waals surface area (Å²) in [6.07, 6.45) is 6.22. The van der Waals surface area contributed by atoms with Crippen molar-refractivity contribution >= 4 is 11.4 Å². The number of aliphatic hydroxyl groups excluding tert-OH is 2. The molecule has 4 nitrogen and oxygen atoms in total. The smallest absolute Gasteiger partial charge is 0.0606 e. The van der Waals surface area contributed by atoms with Crippen LogP contribution in [0.5, 0.6) is 0 Å². The molecule has 3 rings (SSSR count). The first-order chi connectivity index (χ1) is 14.7. The molecule has 4 heteroatoms. The van der Waals surface area contributed by atoms with Gasteiger partial charge in [-0.1, -0.05) is 43.5 Å². The Bertz CT molecular complexity index is 692. The van der Waals surface area contributed by atoms with Gasteiger partial charge in [0, 0.05) is 43.0 Å². The summed E-state index contributed by atoms with van der Waals surface area (Å²) in [5, 5.41) is 18.7. The molecule has 2 aromatic carbocycles. The van der Waals surface area contributed by atoms with Gasteiger partial charge >= 0.3 is 0 Å². The zero-order valence-electron chi connectivity index (χ0n) is 18.7. The monoisotopic (exact) mass is 410 g/mol. The Kier molecular flexibility index (Phi) is 8.17. The molecular weight excluding hydrogens is 372 g/mol. The number of likely N-dealkylation sites (N-methyl/N-ethyl adjacent to an activating group) is 2. The molecule has 0 bridgehead atoms. The van der Waals surface area contributed by atoms with E-state index < -0.39 is 0 Å². The Labute approximate surface area is 182 Å². The summed E-state index contributed by atoms with van der Waals surface area (Å²) in [6, 6.07) is 18.1. The molecule has 30 heavy (non-hydrogen) atoms. The van der Waals surface area contributed by atoms with Crippen molar-refractivity contribution in [2.75, 3.05) is 49.2 Å². The van der Waals surface area contributed by atoms with E-state index in [2.05, 4.69) is 72.2 Å². The third kappa shape index (κ3) is 4.81. The summed E-state index contributed by atoms with van der Waals surface area (Å²) < 4.78 is 0. The maximum absolute atomic E-state index is 9.33. The molecule has 1 aliphatic carbocycles. The highest BCUT2D eigenvalue weighted by atomic mass is 16.3. The van der Waals surface area contributed by atoms with Gasteiger partial charge in [-0.15, -0.1) is 0 Å². The first kappa shape index (κ1) is 22.6. The van der Waals surface area contributed by atoms with Gasteiger partial charge in [-0.3, -0.25) is 0 Å². The molecule has 1 aliphatic rings. The number of benzene rings is 2. The van der Waals surface area contributed by atoms with E-state index in [1.165, 1.54) is 54.6 Å². The fraction of sp³-hybridized carbons (Fsp3) is 0.538. The van der Waals surface area contributed by atoms with Crippen LogP contribution < -0.4 is 9.80 Å². The predicted octanol–water partition coefficient (Wildman–Crippen LogP) is 4.57. The molecule has 0 spiro atoms. The van der Waals surface area contributed by atoms with Crippen LogP contribution in [0, 0.1) is 0 Å². The van der Waals surface area contributed by atoms with E-state index in [-0.39, 0.29) is 18.6 Å². The lowest BCUT2D eigenvalue weighted by Gasteiger charge is -2.39. The van der Waals surface area contributed by atoms with E-state index in [9.17, 15) is 10.2 Å². The highest BCUT2D eigenvalue weighted by Crippen LogP contribution is 2.45. The van der Waals surface area contributed by atoms with Crippen molar-refractivity contribution in [2.24, 2.45) is 0 Å². The molecule has 1 fully saturated rings. The van der Waals surface area contributed by atoms with E-state index in [0.717, 1.165) is 13.1 Å². The summed E-state index contributed by atoms with van der Waals surface area (Å²) in [6.45, 7) is 7.75. The van der Waals surface area contributed by atoms with Gasteiger partial charge < -0.3 is 20.0 Å². The summed E-state index contributed by atoms with van der Waals surface area (Å²) in [7, 11) is 0. The molecule has 1 saturated carbocycles. The van der Waals surface area contributed by atoms with Crippen molar-refractivity contribution in [3.8, 4) is 0 Å². The van der Waals surface area contributed by atoms with Crippen LogP contribution in [0.4, 0.5) is 11.4 Å². The number of rotatable bonds is 10. The topological polar surface area (TPSA) is 46.9 Å². The van der Waals surface area contributed by atoms with E-state index in [4.69, 9.17) is 0 Å². The highest BCUT2D eigenvalue weighted by molar-refractivity contribution is 5.53. The van der Waals surface area contributed by atoms with Crippen molar-refractivity contribution in [1.29, 1.82) is 0 Å². The number of anilines is 2. The van der Waals surface area contributed by atoms with E-state index in [1.807, 2.05) is 0 Å². The summed E-state index contributed by atoms with van der Waals surface area (Å²) in [4.78, 5) is 4.43. The van der Waals surface area contributed by atoms with E-state index in [1.54, 1.807) is 0 Å². The Morgan fingerprint density at radius 3 is 1.40 bits per heavy atom. The second kappa shape index (κ2) is 10.8. The average Bonchev–Trinajstić information content (AvgIpc) is 2.81. The molecule has 164 valence electrons. The van der Waals surface area contributed by atoms with Crippen LogP contribution in [0.15, 0.2) is 48.5 Å². The van der Waals surface area contributed by atoms with Gasteiger partial charge in [-0.2, -0.15) is 0 Å². The van der Waals surface area contributed by atoms with Crippen LogP contribution in [0.25, 0.3) is 0 Å². The first-order valence-corrected chi connectivity index (χ1v) is 11.6. The van der Waals surface area contributed by atoms with Crippen LogP contribution in [0.1, 0.15) is 57.1 Å². The minimum Gasteiger partial charge on any atom is -0.395 e. The fourth-order valence-corrected chi connectivity index (χ4v) is 5.06. The lowest BCUT2D eigenvalue weighted by atomic mass is 9.65. The number of nitrogens with zero attached hydrogens (tertiary/aromatic N) is 2. The van der Waals surface area contributed by atoms with Crippen molar-refractivity contribution in [3.05, 3.63) is 59.7 Å². The molecule has 0 unspecified atom stereocenters. The van der Waals surface area contributed by atoms with E-state index in [0.29, 0.717) is 13.1 Å². The maximum atomic E-state index is 9.33. The molecule has 2 aromatic rings. The predicted molar refractivity (Wildman–Crippen MR) is 127 cm³/mol. The third-order valence-electron chi connectivity index (χ3n) is 6.78. The highest BCUT2D eigenvalue weighted by Gasteiger charge is 2.35. The van der Waals surface area contributed by atoms with Crippen molar-refractivity contribution in [1.82, 2.24) is 0 Å². The fourth-order valence-electron chi connectivity index (χ4n) is 5.06. The van der Waals surface area contributed by atoms with Gasteiger partial charge in [0.15, 0.2) is 0 Å². The third-order valence-corrected chi connectivity index (χ3v) is 6.78. The molecular formula is C26H38N2O2. The van der Waals surface area contributed by atoms with Crippen LogP contribution in [0.2, 0.25) is 0 Å². The molecule has 0 heterocycles. The van der Waals surface area contributed by atoms with E-state index >= 15 is 0 Å². The lowest BCUT2D eigenvalue weighted by molar-refractivity contribution is 0.302. The van der Waals surface area contributed by atoms with Crippen molar-refractivity contribution < 1.29 is 10.2 Å². The summed E-state index contributed by atoms with van der Waals surface area (Å²) >= 11 is 0. The molecule has 0 aliphatic heterocycles. The molecule has 0 aromatic heterocycles.